The van der Waals surface area contributed by atoms with E-state index in [1.54, 1.807) is 0 Å². The molecule has 0 spiro atoms. The number of aliphatic hydroxyl groups is 1. The zero-order valence-electron chi connectivity index (χ0n) is 13.6. The molecule has 2 aliphatic rings. The van der Waals surface area contributed by atoms with E-state index in [0.29, 0.717) is 18.8 Å². The fraction of sp³-hybridized carbons (Fsp3) is 0.500. The van der Waals surface area contributed by atoms with E-state index in [-0.39, 0.29) is 17.6 Å². The van der Waals surface area contributed by atoms with Gasteiger partial charge in [-0.2, -0.15) is 0 Å². The number of nitrogens with one attached hydrogen (secondary N) is 1. The summed E-state index contributed by atoms with van der Waals surface area (Å²) in [5, 5.41) is 13.8. The monoisotopic (exact) mass is 301 g/mol. The molecule has 2 atom stereocenters. The van der Waals surface area contributed by atoms with Gasteiger partial charge in [-0.15, -0.1) is 0 Å². The Kier molecular flexibility index (Phi) is 3.52. The lowest BCUT2D eigenvalue weighted by molar-refractivity contribution is -0.116. The molecule has 3 rings (SSSR count). The van der Waals surface area contributed by atoms with Gasteiger partial charge in [-0.3, -0.25) is 4.79 Å². The highest BCUT2D eigenvalue weighted by molar-refractivity contribution is 6.23. The van der Waals surface area contributed by atoms with E-state index in [0.717, 1.165) is 28.7 Å². The standard InChI is InChI=1S/C18H23NO3/c1-10-7-11(2)14(12(3)8-10)15-16(20)18(4,19-17(15)21)13-5-6-22-9-13/h7-8,13,20H,5-6,9H2,1-4H3,(H,19,21). The van der Waals surface area contributed by atoms with Crippen LogP contribution in [-0.4, -0.2) is 29.8 Å². The molecule has 0 saturated carbocycles. The SMILES string of the molecule is Cc1cc(C)c(C2=C(O)C(C)(C3CCOC3)NC2=O)c(C)c1. The van der Waals surface area contributed by atoms with Gasteiger partial charge in [-0.1, -0.05) is 17.7 Å². The topological polar surface area (TPSA) is 58.6 Å². The second-order valence-electron chi connectivity index (χ2n) is 6.71. The third-order valence-electron chi connectivity index (χ3n) is 5.00. The van der Waals surface area contributed by atoms with Crippen LogP contribution in [0.5, 0.6) is 0 Å². The van der Waals surface area contributed by atoms with Crippen molar-refractivity contribution >= 4 is 11.5 Å². The van der Waals surface area contributed by atoms with E-state index in [9.17, 15) is 9.90 Å². The van der Waals surface area contributed by atoms with Gasteiger partial charge in [0.1, 0.15) is 11.3 Å². The maximum atomic E-state index is 12.6. The van der Waals surface area contributed by atoms with E-state index in [1.165, 1.54) is 0 Å². The Labute approximate surface area is 131 Å². The molecule has 0 radical (unpaired) electrons. The van der Waals surface area contributed by atoms with Crippen LogP contribution in [0.15, 0.2) is 17.9 Å². The highest BCUT2D eigenvalue weighted by Gasteiger charge is 2.49. The molecule has 0 aliphatic carbocycles. The van der Waals surface area contributed by atoms with Crippen LogP contribution in [-0.2, 0) is 9.53 Å². The number of carbonyl (C=O) groups excluding carboxylic acids is 1. The summed E-state index contributed by atoms with van der Waals surface area (Å²) < 4.78 is 5.44. The summed E-state index contributed by atoms with van der Waals surface area (Å²) in [6.45, 7) is 9.15. The molecule has 2 N–H and O–H groups in total. The summed E-state index contributed by atoms with van der Waals surface area (Å²) in [4.78, 5) is 12.6. The van der Waals surface area contributed by atoms with Crippen LogP contribution in [0.25, 0.3) is 5.57 Å². The molecule has 118 valence electrons. The number of hydrogen-bond acceptors (Lipinski definition) is 3. The molecule has 22 heavy (non-hydrogen) atoms. The van der Waals surface area contributed by atoms with Gasteiger partial charge in [0.25, 0.3) is 5.91 Å². The number of aliphatic hydroxyl groups excluding tert-OH is 1. The van der Waals surface area contributed by atoms with Gasteiger partial charge < -0.3 is 15.2 Å². The van der Waals surface area contributed by atoms with Gasteiger partial charge in [0.2, 0.25) is 0 Å². The van der Waals surface area contributed by atoms with Crippen LogP contribution in [0.2, 0.25) is 0 Å². The molecule has 0 aromatic heterocycles. The Morgan fingerprint density at radius 2 is 1.91 bits per heavy atom. The van der Waals surface area contributed by atoms with E-state index in [2.05, 4.69) is 5.32 Å². The van der Waals surface area contributed by atoms with Crippen molar-refractivity contribution in [2.24, 2.45) is 5.92 Å². The maximum absolute atomic E-state index is 12.6. The van der Waals surface area contributed by atoms with Crippen molar-refractivity contribution < 1.29 is 14.6 Å². The number of ether oxygens (including phenoxy) is 1. The lowest BCUT2D eigenvalue weighted by Gasteiger charge is -2.30. The summed E-state index contributed by atoms with van der Waals surface area (Å²) in [5.74, 6) is 0.0741. The molecule has 1 amide bonds. The number of hydrogen-bond donors (Lipinski definition) is 2. The lowest BCUT2D eigenvalue weighted by Crippen LogP contribution is -2.48. The molecular formula is C18H23NO3. The first-order valence-corrected chi connectivity index (χ1v) is 7.76. The summed E-state index contributed by atoms with van der Waals surface area (Å²) in [6.07, 6.45) is 0.847. The molecule has 2 aliphatic heterocycles. The number of rotatable bonds is 2. The molecule has 2 unspecified atom stereocenters. The van der Waals surface area contributed by atoms with Gasteiger partial charge in [0, 0.05) is 12.5 Å². The number of amides is 1. The van der Waals surface area contributed by atoms with Gasteiger partial charge in [-0.05, 0) is 50.8 Å². The number of aryl methyl sites for hydroxylation is 3. The summed E-state index contributed by atoms with van der Waals surface area (Å²) >= 11 is 0. The zero-order chi connectivity index (χ0) is 16.1. The second-order valence-corrected chi connectivity index (χ2v) is 6.71. The van der Waals surface area contributed by atoms with Crippen molar-refractivity contribution in [2.45, 2.75) is 39.7 Å². The summed E-state index contributed by atoms with van der Waals surface area (Å²) in [5.41, 5.74) is 3.73. The van der Waals surface area contributed by atoms with Crippen LogP contribution in [0.3, 0.4) is 0 Å². The number of benzene rings is 1. The van der Waals surface area contributed by atoms with Crippen molar-refractivity contribution in [2.75, 3.05) is 13.2 Å². The summed E-state index contributed by atoms with van der Waals surface area (Å²) in [7, 11) is 0. The van der Waals surface area contributed by atoms with Gasteiger partial charge >= 0.3 is 0 Å². The first-order valence-electron chi connectivity index (χ1n) is 7.76. The van der Waals surface area contributed by atoms with Crippen molar-refractivity contribution in [3.05, 3.63) is 40.1 Å². The van der Waals surface area contributed by atoms with Crippen LogP contribution in [0.1, 0.15) is 35.6 Å². The van der Waals surface area contributed by atoms with Gasteiger partial charge in [0.05, 0.1) is 12.2 Å². The molecule has 0 bridgehead atoms. The smallest absolute Gasteiger partial charge is 0.256 e. The quantitative estimate of drug-likeness (QED) is 0.883. The Morgan fingerprint density at radius 3 is 2.45 bits per heavy atom. The van der Waals surface area contributed by atoms with E-state index < -0.39 is 5.54 Å². The third-order valence-corrected chi connectivity index (χ3v) is 5.00. The predicted octanol–water partition coefficient (Wildman–Crippen LogP) is 2.81. The molecule has 4 heteroatoms. The highest BCUT2D eigenvalue weighted by Crippen LogP contribution is 2.41. The largest absolute Gasteiger partial charge is 0.509 e. The Hall–Kier alpha value is -1.81. The molecule has 1 aromatic rings. The lowest BCUT2D eigenvalue weighted by atomic mass is 9.82. The van der Waals surface area contributed by atoms with E-state index >= 15 is 0 Å². The van der Waals surface area contributed by atoms with Crippen LogP contribution in [0, 0.1) is 26.7 Å². The van der Waals surface area contributed by atoms with Crippen molar-refractivity contribution in [1.82, 2.24) is 5.32 Å². The van der Waals surface area contributed by atoms with E-state index in [1.807, 2.05) is 39.8 Å². The van der Waals surface area contributed by atoms with Gasteiger partial charge in [0.15, 0.2) is 0 Å². The molecule has 1 saturated heterocycles. The molecule has 1 fully saturated rings. The Balaban J connectivity index is 2.13. The summed E-state index contributed by atoms with van der Waals surface area (Å²) in [6, 6.07) is 4.09. The Morgan fingerprint density at radius 1 is 1.27 bits per heavy atom. The minimum Gasteiger partial charge on any atom is -0.509 e. The first kappa shape index (κ1) is 15.1. The Bertz CT molecular complexity index is 648. The maximum Gasteiger partial charge on any atom is 0.256 e. The predicted molar refractivity (Wildman–Crippen MR) is 85.7 cm³/mol. The molecular weight excluding hydrogens is 278 g/mol. The molecule has 1 aromatic carbocycles. The minimum absolute atomic E-state index is 0.111. The second kappa shape index (κ2) is 5.13. The fourth-order valence-electron chi connectivity index (χ4n) is 3.82. The number of carbonyl (C=O) groups is 1. The van der Waals surface area contributed by atoms with Crippen molar-refractivity contribution in [3.63, 3.8) is 0 Å². The van der Waals surface area contributed by atoms with Crippen LogP contribution in [0.4, 0.5) is 0 Å². The average molecular weight is 301 g/mol. The molecule has 2 heterocycles. The first-order chi connectivity index (χ1) is 10.3. The molecule has 4 nitrogen and oxygen atoms in total. The average Bonchev–Trinajstić information content (AvgIpc) is 3.01. The normalized spacial score (nSPS) is 28.4. The van der Waals surface area contributed by atoms with Crippen LogP contribution < -0.4 is 5.32 Å². The fourth-order valence-corrected chi connectivity index (χ4v) is 3.82. The minimum atomic E-state index is -0.729. The highest BCUT2D eigenvalue weighted by atomic mass is 16.5. The zero-order valence-corrected chi connectivity index (χ0v) is 13.6. The van der Waals surface area contributed by atoms with Crippen molar-refractivity contribution in [3.8, 4) is 0 Å². The van der Waals surface area contributed by atoms with Gasteiger partial charge in [-0.25, -0.2) is 0 Å². The van der Waals surface area contributed by atoms with Crippen molar-refractivity contribution in [1.29, 1.82) is 0 Å². The van der Waals surface area contributed by atoms with E-state index in [4.69, 9.17) is 4.74 Å². The van der Waals surface area contributed by atoms with Crippen LogP contribution >= 0.6 is 0 Å². The third kappa shape index (κ3) is 2.13.